The molecule has 0 aliphatic rings. The number of rotatable bonds is 3. The number of hydrogen-bond donors (Lipinski definition) is 1. The molecule has 0 aliphatic heterocycles. The van der Waals surface area contributed by atoms with Crippen molar-refractivity contribution >= 4 is 27.7 Å². The highest BCUT2D eigenvalue weighted by Crippen LogP contribution is 2.34. The lowest BCUT2D eigenvalue weighted by Gasteiger charge is -2.13. The summed E-state index contributed by atoms with van der Waals surface area (Å²) < 4.78 is 14.8. The van der Waals surface area contributed by atoms with Crippen LogP contribution in [0.15, 0.2) is 56.7 Å². The van der Waals surface area contributed by atoms with Crippen molar-refractivity contribution in [1.29, 1.82) is 0 Å². The van der Waals surface area contributed by atoms with E-state index in [1.165, 1.54) is 17.8 Å². The fourth-order valence-corrected chi connectivity index (χ4v) is 3.01. The van der Waals surface area contributed by atoms with Crippen LogP contribution in [0.1, 0.15) is 18.5 Å². The zero-order valence-corrected chi connectivity index (χ0v) is 12.3. The Bertz CT molecular complexity index is 540. The van der Waals surface area contributed by atoms with Gasteiger partial charge in [-0.2, -0.15) is 0 Å². The topological polar surface area (TPSA) is 26.0 Å². The van der Waals surface area contributed by atoms with Crippen LogP contribution in [-0.2, 0) is 0 Å². The summed E-state index contributed by atoms with van der Waals surface area (Å²) in [7, 11) is 0. The molecule has 2 aromatic rings. The van der Waals surface area contributed by atoms with Crippen molar-refractivity contribution in [3.05, 3.63) is 58.3 Å². The lowest BCUT2D eigenvalue weighted by Crippen LogP contribution is -2.08. The van der Waals surface area contributed by atoms with Crippen molar-refractivity contribution < 1.29 is 4.39 Å². The summed E-state index contributed by atoms with van der Waals surface area (Å²) in [5.41, 5.74) is 6.41. The van der Waals surface area contributed by atoms with Gasteiger partial charge in [0.2, 0.25) is 0 Å². The summed E-state index contributed by atoms with van der Waals surface area (Å²) in [5, 5.41) is 0. The quantitative estimate of drug-likeness (QED) is 0.880. The van der Waals surface area contributed by atoms with Crippen LogP contribution in [0.2, 0.25) is 0 Å². The fourth-order valence-electron chi connectivity index (χ4n) is 1.68. The monoisotopic (exact) mass is 325 g/mol. The molecule has 2 rings (SSSR count). The van der Waals surface area contributed by atoms with Gasteiger partial charge in [-0.1, -0.05) is 33.8 Å². The molecule has 1 atom stereocenters. The summed E-state index contributed by atoms with van der Waals surface area (Å²) >= 11 is 4.92. The highest BCUT2D eigenvalue weighted by atomic mass is 79.9. The van der Waals surface area contributed by atoms with E-state index in [-0.39, 0.29) is 11.9 Å². The second-order valence-electron chi connectivity index (χ2n) is 4.00. The Kier molecular flexibility index (Phi) is 4.43. The van der Waals surface area contributed by atoms with E-state index in [0.717, 1.165) is 14.3 Å². The van der Waals surface area contributed by atoms with Gasteiger partial charge in [-0.05, 0) is 43.3 Å². The third kappa shape index (κ3) is 3.13. The Morgan fingerprint density at radius 2 is 1.83 bits per heavy atom. The first-order valence-electron chi connectivity index (χ1n) is 5.55. The van der Waals surface area contributed by atoms with Crippen LogP contribution in [0.4, 0.5) is 4.39 Å². The van der Waals surface area contributed by atoms with Crippen molar-refractivity contribution in [2.24, 2.45) is 5.73 Å². The van der Waals surface area contributed by atoms with E-state index in [1.54, 1.807) is 13.0 Å². The van der Waals surface area contributed by atoms with Gasteiger partial charge in [-0.15, -0.1) is 0 Å². The molecule has 0 bridgehead atoms. The number of hydrogen-bond acceptors (Lipinski definition) is 2. The van der Waals surface area contributed by atoms with Crippen molar-refractivity contribution in [3.8, 4) is 0 Å². The molecule has 0 saturated heterocycles. The van der Waals surface area contributed by atoms with E-state index >= 15 is 0 Å². The zero-order valence-electron chi connectivity index (χ0n) is 9.86. The van der Waals surface area contributed by atoms with Gasteiger partial charge in [-0.3, -0.25) is 0 Å². The van der Waals surface area contributed by atoms with Crippen molar-refractivity contribution in [2.75, 3.05) is 0 Å². The zero-order chi connectivity index (χ0) is 13.1. The van der Waals surface area contributed by atoms with Crippen LogP contribution >= 0.6 is 27.7 Å². The molecule has 0 heterocycles. The predicted octanol–water partition coefficient (Wildman–Crippen LogP) is 4.76. The molecule has 2 N–H and O–H groups in total. The van der Waals surface area contributed by atoms with Gasteiger partial charge in [0, 0.05) is 25.9 Å². The Morgan fingerprint density at radius 3 is 2.44 bits per heavy atom. The maximum absolute atomic E-state index is 13.8. The van der Waals surface area contributed by atoms with Crippen LogP contribution in [-0.4, -0.2) is 0 Å². The van der Waals surface area contributed by atoms with Gasteiger partial charge in [-0.25, -0.2) is 4.39 Å². The van der Waals surface area contributed by atoms with Crippen molar-refractivity contribution in [3.63, 3.8) is 0 Å². The fraction of sp³-hybridized carbons (Fsp3) is 0.143. The molecule has 0 spiro atoms. The highest BCUT2D eigenvalue weighted by molar-refractivity contribution is 9.10. The third-order valence-corrected chi connectivity index (χ3v) is 4.12. The van der Waals surface area contributed by atoms with Crippen LogP contribution in [0.25, 0.3) is 0 Å². The summed E-state index contributed by atoms with van der Waals surface area (Å²) in [6, 6.07) is 12.7. The van der Waals surface area contributed by atoms with Crippen LogP contribution < -0.4 is 5.73 Å². The van der Waals surface area contributed by atoms with Crippen molar-refractivity contribution in [2.45, 2.75) is 22.8 Å². The van der Waals surface area contributed by atoms with E-state index in [0.29, 0.717) is 5.56 Å². The lowest BCUT2D eigenvalue weighted by atomic mass is 10.1. The Morgan fingerprint density at radius 1 is 1.17 bits per heavy atom. The first-order chi connectivity index (χ1) is 8.58. The second-order valence-corrected chi connectivity index (χ2v) is 6.03. The normalized spacial score (nSPS) is 12.4. The second kappa shape index (κ2) is 5.87. The molecule has 0 amide bonds. The number of halogens is 2. The Labute approximate surface area is 119 Å². The summed E-state index contributed by atoms with van der Waals surface area (Å²) in [6.07, 6.45) is 0. The van der Waals surface area contributed by atoms with Gasteiger partial charge < -0.3 is 5.73 Å². The minimum Gasteiger partial charge on any atom is -0.324 e. The third-order valence-electron chi connectivity index (χ3n) is 2.51. The van der Waals surface area contributed by atoms with Crippen LogP contribution in [0.5, 0.6) is 0 Å². The molecule has 0 saturated carbocycles. The Hall–Kier alpha value is -0.840. The van der Waals surface area contributed by atoms with Gasteiger partial charge in [0.25, 0.3) is 0 Å². The first kappa shape index (κ1) is 13.6. The predicted molar refractivity (Wildman–Crippen MR) is 77.3 cm³/mol. The van der Waals surface area contributed by atoms with Crippen LogP contribution in [0, 0.1) is 5.82 Å². The maximum Gasteiger partial charge on any atom is 0.129 e. The van der Waals surface area contributed by atoms with Gasteiger partial charge in [0.05, 0.1) is 0 Å². The van der Waals surface area contributed by atoms with E-state index in [1.807, 2.05) is 30.3 Å². The van der Waals surface area contributed by atoms with E-state index in [2.05, 4.69) is 15.9 Å². The molecule has 18 heavy (non-hydrogen) atoms. The first-order valence-corrected chi connectivity index (χ1v) is 7.16. The van der Waals surface area contributed by atoms with E-state index < -0.39 is 0 Å². The largest absolute Gasteiger partial charge is 0.324 e. The molecular weight excluding hydrogens is 313 g/mol. The maximum atomic E-state index is 13.8. The summed E-state index contributed by atoms with van der Waals surface area (Å²) in [4.78, 5) is 1.93. The van der Waals surface area contributed by atoms with Gasteiger partial charge >= 0.3 is 0 Å². The van der Waals surface area contributed by atoms with Gasteiger partial charge in [0.15, 0.2) is 0 Å². The smallest absolute Gasteiger partial charge is 0.129 e. The van der Waals surface area contributed by atoms with Crippen LogP contribution in [0.3, 0.4) is 0 Å². The molecule has 94 valence electrons. The average molecular weight is 326 g/mol. The SMILES string of the molecule is C[C@@H](N)c1c(F)cccc1Sc1ccc(Br)cc1. The minimum atomic E-state index is -0.316. The van der Waals surface area contributed by atoms with E-state index in [9.17, 15) is 4.39 Å². The molecule has 0 fully saturated rings. The molecule has 0 radical (unpaired) electrons. The summed E-state index contributed by atoms with van der Waals surface area (Å²) in [6.45, 7) is 1.80. The highest BCUT2D eigenvalue weighted by Gasteiger charge is 2.13. The number of nitrogens with two attached hydrogens (primary N) is 1. The molecule has 4 heteroatoms. The summed E-state index contributed by atoms with van der Waals surface area (Å²) in [5.74, 6) is -0.243. The van der Waals surface area contributed by atoms with Crippen molar-refractivity contribution in [1.82, 2.24) is 0 Å². The van der Waals surface area contributed by atoms with E-state index in [4.69, 9.17) is 5.73 Å². The molecule has 0 aliphatic carbocycles. The molecule has 0 aromatic heterocycles. The number of benzene rings is 2. The molecule has 1 nitrogen and oxygen atoms in total. The average Bonchev–Trinajstić information content (AvgIpc) is 2.32. The molecule has 0 unspecified atom stereocenters. The minimum absolute atomic E-state index is 0.243. The lowest BCUT2D eigenvalue weighted by molar-refractivity contribution is 0.585. The molecule has 2 aromatic carbocycles. The van der Waals surface area contributed by atoms with Gasteiger partial charge in [0.1, 0.15) is 5.82 Å². The standard InChI is InChI=1S/C14H13BrFNS/c1-9(17)14-12(16)3-2-4-13(14)18-11-7-5-10(15)6-8-11/h2-9H,17H2,1H3/t9-/m1/s1. The Balaban J connectivity index is 2.34. The molecular formula is C14H13BrFNS.